The maximum atomic E-state index is 5.39. The van der Waals surface area contributed by atoms with E-state index in [1.54, 1.807) is 11.8 Å². The summed E-state index contributed by atoms with van der Waals surface area (Å²) in [7, 11) is 0. The Morgan fingerprint density at radius 3 is 2.75 bits per heavy atom. The summed E-state index contributed by atoms with van der Waals surface area (Å²) in [4.78, 5) is 5.96. The van der Waals surface area contributed by atoms with Gasteiger partial charge >= 0.3 is 0 Å². The second-order valence-corrected chi connectivity index (χ2v) is 8.18. The van der Waals surface area contributed by atoms with Gasteiger partial charge in [-0.3, -0.25) is 4.90 Å². The Hall–Kier alpha value is -2.01. The number of hydrogen-bond acceptors (Lipinski definition) is 4. The first-order valence-corrected chi connectivity index (χ1v) is 11.0. The van der Waals surface area contributed by atoms with Crippen LogP contribution in [0.4, 0.5) is 5.69 Å². The predicted molar refractivity (Wildman–Crippen MR) is 120 cm³/mol. The molecular weight excluding hydrogens is 346 g/mol. The molecule has 1 unspecified atom stereocenters. The van der Waals surface area contributed by atoms with Crippen LogP contribution in [0, 0.1) is 0 Å². The minimum absolute atomic E-state index is 0.593. The van der Waals surface area contributed by atoms with E-state index in [1.165, 1.54) is 62.8 Å². The highest BCUT2D eigenvalue weighted by atomic mass is 15.2. The van der Waals surface area contributed by atoms with Crippen LogP contribution < -0.4 is 11.2 Å². The van der Waals surface area contributed by atoms with E-state index < -0.39 is 0 Å². The van der Waals surface area contributed by atoms with Crippen LogP contribution in [0.5, 0.6) is 0 Å². The van der Waals surface area contributed by atoms with Crippen molar-refractivity contribution in [2.75, 3.05) is 25.0 Å². The molecule has 0 radical (unpaired) electrons. The van der Waals surface area contributed by atoms with Gasteiger partial charge in [0.15, 0.2) is 0 Å². The second-order valence-electron chi connectivity index (χ2n) is 8.18. The lowest BCUT2D eigenvalue weighted by molar-refractivity contribution is 0.284. The van der Waals surface area contributed by atoms with Crippen LogP contribution in [0.2, 0.25) is 0 Å². The molecule has 2 aliphatic rings. The van der Waals surface area contributed by atoms with E-state index in [-0.39, 0.29) is 0 Å². The fourth-order valence-electron chi connectivity index (χ4n) is 4.40. The lowest BCUT2D eigenvalue weighted by Crippen LogP contribution is -2.32. The standard InChI is InChI=1S/C23H37N5/c1-3-4-5-12-25-23-21(16-26-22(23)17-27-24)15-19-8-10-20(11-9-19)18(2)28-13-6-7-14-28/h8,10,16-18,25-26H,3-7,9,11-15,24H2,1-2H3. The molecule has 1 saturated heterocycles. The average Bonchev–Trinajstić information content (AvgIpc) is 3.37. The van der Waals surface area contributed by atoms with Crippen molar-refractivity contribution in [2.24, 2.45) is 10.9 Å². The Kier molecular flexibility index (Phi) is 7.78. The van der Waals surface area contributed by atoms with Crippen molar-refractivity contribution in [1.29, 1.82) is 0 Å². The number of allylic oxidation sites excluding steroid dienone is 3. The van der Waals surface area contributed by atoms with E-state index in [0.717, 1.165) is 30.8 Å². The summed E-state index contributed by atoms with van der Waals surface area (Å²) in [5.74, 6) is 5.39. The molecule has 1 aliphatic carbocycles. The summed E-state index contributed by atoms with van der Waals surface area (Å²) in [6, 6.07) is 0.593. The third-order valence-electron chi connectivity index (χ3n) is 6.19. The van der Waals surface area contributed by atoms with Gasteiger partial charge in [0.05, 0.1) is 17.6 Å². The summed E-state index contributed by atoms with van der Waals surface area (Å²) in [6.07, 6.45) is 18.2. The van der Waals surface area contributed by atoms with E-state index >= 15 is 0 Å². The van der Waals surface area contributed by atoms with Crippen LogP contribution in [0.1, 0.15) is 70.1 Å². The number of H-pyrrole nitrogens is 1. The number of hydrogen-bond donors (Lipinski definition) is 3. The number of aromatic nitrogens is 1. The monoisotopic (exact) mass is 383 g/mol. The number of likely N-dealkylation sites (tertiary alicyclic amines) is 1. The molecule has 5 nitrogen and oxygen atoms in total. The number of nitrogens with one attached hydrogen (secondary N) is 2. The van der Waals surface area contributed by atoms with Crippen molar-refractivity contribution in [1.82, 2.24) is 9.88 Å². The summed E-state index contributed by atoms with van der Waals surface area (Å²) < 4.78 is 0. The molecule has 0 bridgehead atoms. The Balaban J connectivity index is 1.65. The van der Waals surface area contributed by atoms with Crippen LogP contribution in [0.15, 0.2) is 34.6 Å². The molecule has 1 atom stereocenters. The maximum Gasteiger partial charge on any atom is 0.0822 e. The summed E-state index contributed by atoms with van der Waals surface area (Å²) in [5.41, 5.74) is 6.54. The predicted octanol–water partition coefficient (Wildman–Crippen LogP) is 4.58. The first-order valence-electron chi connectivity index (χ1n) is 11.0. The van der Waals surface area contributed by atoms with Gasteiger partial charge in [-0.1, -0.05) is 43.1 Å². The van der Waals surface area contributed by atoms with Gasteiger partial charge in [-0.2, -0.15) is 5.10 Å². The molecule has 0 aromatic carbocycles. The van der Waals surface area contributed by atoms with E-state index in [9.17, 15) is 0 Å². The zero-order valence-corrected chi connectivity index (χ0v) is 17.6. The highest BCUT2D eigenvalue weighted by Gasteiger charge is 2.22. The smallest absolute Gasteiger partial charge is 0.0822 e. The van der Waals surface area contributed by atoms with Gasteiger partial charge in [0.2, 0.25) is 0 Å². The maximum absolute atomic E-state index is 5.39. The highest BCUT2D eigenvalue weighted by Crippen LogP contribution is 2.30. The first kappa shape index (κ1) is 20.7. The zero-order chi connectivity index (χ0) is 19.8. The minimum Gasteiger partial charge on any atom is -0.383 e. The molecule has 4 N–H and O–H groups in total. The van der Waals surface area contributed by atoms with E-state index in [2.05, 4.69) is 52.5 Å². The Morgan fingerprint density at radius 2 is 2.07 bits per heavy atom. The van der Waals surface area contributed by atoms with E-state index in [1.807, 2.05) is 0 Å². The third-order valence-corrected chi connectivity index (χ3v) is 6.19. The zero-order valence-electron chi connectivity index (χ0n) is 17.6. The highest BCUT2D eigenvalue weighted by molar-refractivity contribution is 5.87. The van der Waals surface area contributed by atoms with Gasteiger partial charge in [-0.25, -0.2) is 0 Å². The molecule has 5 heteroatoms. The van der Waals surface area contributed by atoms with Crippen LogP contribution in [-0.2, 0) is 6.42 Å². The van der Waals surface area contributed by atoms with Crippen molar-refractivity contribution >= 4 is 11.9 Å². The van der Waals surface area contributed by atoms with Crippen molar-refractivity contribution in [2.45, 2.75) is 71.3 Å². The lowest BCUT2D eigenvalue weighted by Gasteiger charge is -2.28. The van der Waals surface area contributed by atoms with Crippen LogP contribution in [0.3, 0.4) is 0 Å². The number of hydrazone groups is 1. The number of nitrogens with two attached hydrogens (primary N) is 1. The van der Waals surface area contributed by atoms with Crippen molar-refractivity contribution in [3.8, 4) is 0 Å². The number of anilines is 1. The minimum atomic E-state index is 0.593. The molecule has 0 amide bonds. The largest absolute Gasteiger partial charge is 0.383 e. The van der Waals surface area contributed by atoms with Crippen LogP contribution in [-0.4, -0.2) is 41.8 Å². The van der Waals surface area contributed by atoms with Gasteiger partial charge in [-0.15, -0.1) is 0 Å². The number of aromatic amines is 1. The first-order chi connectivity index (χ1) is 13.7. The normalized spacial score (nSPS) is 19.1. The molecule has 1 aromatic heterocycles. The third kappa shape index (κ3) is 5.28. The average molecular weight is 384 g/mol. The Morgan fingerprint density at radius 1 is 1.25 bits per heavy atom. The molecule has 1 fully saturated rings. The number of nitrogens with zero attached hydrogens (tertiary/aromatic N) is 2. The van der Waals surface area contributed by atoms with Gasteiger partial charge in [0.1, 0.15) is 0 Å². The number of rotatable bonds is 10. The topological polar surface area (TPSA) is 69.4 Å². The van der Waals surface area contributed by atoms with Crippen molar-refractivity contribution in [3.05, 3.63) is 40.8 Å². The van der Waals surface area contributed by atoms with E-state index in [0.29, 0.717) is 6.04 Å². The van der Waals surface area contributed by atoms with Gasteiger partial charge in [0, 0.05) is 18.8 Å². The summed E-state index contributed by atoms with van der Waals surface area (Å²) in [5, 5.41) is 7.32. The summed E-state index contributed by atoms with van der Waals surface area (Å²) >= 11 is 0. The fraction of sp³-hybridized carbons (Fsp3) is 0.609. The van der Waals surface area contributed by atoms with Gasteiger partial charge in [-0.05, 0) is 64.1 Å². The lowest BCUT2D eigenvalue weighted by atomic mass is 9.90. The van der Waals surface area contributed by atoms with Crippen LogP contribution >= 0.6 is 0 Å². The molecule has 1 aliphatic heterocycles. The molecule has 0 saturated carbocycles. The number of unbranched alkanes of at least 4 members (excludes halogenated alkanes) is 2. The van der Waals surface area contributed by atoms with Gasteiger partial charge in [0.25, 0.3) is 0 Å². The van der Waals surface area contributed by atoms with Crippen molar-refractivity contribution in [3.63, 3.8) is 0 Å². The quantitative estimate of drug-likeness (QED) is 0.240. The molecular formula is C23H37N5. The molecule has 3 rings (SSSR count). The molecule has 0 spiro atoms. The van der Waals surface area contributed by atoms with Crippen molar-refractivity contribution < 1.29 is 0 Å². The Bertz CT molecular complexity index is 707. The molecule has 154 valence electrons. The molecule has 28 heavy (non-hydrogen) atoms. The second kappa shape index (κ2) is 10.5. The van der Waals surface area contributed by atoms with Crippen LogP contribution in [0.25, 0.3) is 0 Å². The molecule has 1 aromatic rings. The SMILES string of the molecule is CCCCCNc1c(CC2=CC=C(C(C)N3CCCC3)CC2)c[nH]c1C=NN. The fourth-order valence-corrected chi connectivity index (χ4v) is 4.40. The molecule has 2 heterocycles. The Labute approximate surface area is 170 Å². The van der Waals surface area contributed by atoms with Gasteiger partial charge < -0.3 is 16.1 Å². The summed E-state index contributed by atoms with van der Waals surface area (Å²) in [6.45, 7) is 8.11. The van der Waals surface area contributed by atoms with E-state index in [4.69, 9.17) is 5.84 Å².